The quantitative estimate of drug-likeness (QED) is 0.825. The second-order valence-electron chi connectivity index (χ2n) is 6.14. The molecule has 11 heteroatoms. The number of nitrogens with zero attached hydrogens (tertiary/aromatic N) is 2. The average molecular weight is 414 g/mol. The number of piperidine rings is 1. The summed E-state index contributed by atoms with van der Waals surface area (Å²) < 4.78 is 65.7. The van der Waals surface area contributed by atoms with Gasteiger partial charge in [0.1, 0.15) is 0 Å². The molecule has 1 aliphatic heterocycles. The Labute approximate surface area is 155 Å². The number of carbonyl (C=O) groups is 1. The fourth-order valence-electron chi connectivity index (χ4n) is 2.67. The minimum Gasteiger partial charge on any atom is -0.325 e. The number of halogens is 4. The number of anilines is 1. The zero-order valence-electron chi connectivity index (χ0n) is 14.2. The summed E-state index contributed by atoms with van der Waals surface area (Å²) in [5, 5.41) is 2.21. The Bertz CT molecular complexity index is 776. The van der Waals surface area contributed by atoms with E-state index in [4.69, 9.17) is 11.6 Å². The molecule has 1 N–H and O–H groups in total. The van der Waals surface area contributed by atoms with Gasteiger partial charge in [-0.15, -0.1) is 0 Å². The number of nitrogens with one attached hydrogen (secondary N) is 1. The first-order valence-corrected chi connectivity index (χ1v) is 9.55. The van der Waals surface area contributed by atoms with Crippen molar-refractivity contribution in [2.75, 3.05) is 32.5 Å². The maximum atomic E-state index is 13.1. The van der Waals surface area contributed by atoms with Crippen LogP contribution in [0, 0.1) is 5.92 Å². The van der Waals surface area contributed by atoms with Gasteiger partial charge in [0.05, 0.1) is 11.3 Å². The molecule has 1 amide bonds. The van der Waals surface area contributed by atoms with Crippen LogP contribution in [-0.4, -0.2) is 50.1 Å². The third-order valence-electron chi connectivity index (χ3n) is 4.16. The monoisotopic (exact) mass is 413 g/mol. The van der Waals surface area contributed by atoms with Crippen LogP contribution in [0.25, 0.3) is 0 Å². The predicted molar refractivity (Wildman–Crippen MR) is 92.0 cm³/mol. The normalized spacial score (nSPS) is 17.5. The standard InChI is InChI=1S/C15H19ClF3N3O3S/c1-21(2)26(24,25)22-7-5-10(6-8-22)14(23)20-13-4-3-11(16)9-12(13)15(17,18)19/h3-4,9-10H,5-8H2,1-2H3,(H,20,23). The van der Waals surface area contributed by atoms with E-state index >= 15 is 0 Å². The van der Waals surface area contributed by atoms with Crippen molar-refractivity contribution < 1.29 is 26.4 Å². The Balaban J connectivity index is 2.07. The number of rotatable bonds is 4. The van der Waals surface area contributed by atoms with Crippen LogP contribution in [-0.2, 0) is 21.2 Å². The molecule has 0 aromatic heterocycles. The van der Waals surface area contributed by atoms with E-state index in [1.54, 1.807) is 0 Å². The molecular weight excluding hydrogens is 395 g/mol. The summed E-state index contributed by atoms with van der Waals surface area (Å²) in [4.78, 5) is 12.3. The first-order valence-electron chi connectivity index (χ1n) is 7.78. The lowest BCUT2D eigenvalue weighted by Gasteiger charge is -2.32. The van der Waals surface area contributed by atoms with Gasteiger partial charge in [-0.2, -0.15) is 30.2 Å². The third kappa shape index (κ3) is 4.67. The smallest absolute Gasteiger partial charge is 0.325 e. The van der Waals surface area contributed by atoms with Crippen LogP contribution >= 0.6 is 11.6 Å². The number of benzene rings is 1. The molecule has 2 rings (SSSR count). The maximum absolute atomic E-state index is 13.1. The van der Waals surface area contributed by atoms with Crippen molar-refractivity contribution in [2.24, 2.45) is 5.92 Å². The highest BCUT2D eigenvalue weighted by atomic mass is 35.5. The van der Waals surface area contributed by atoms with Gasteiger partial charge in [0, 0.05) is 38.1 Å². The molecule has 1 aromatic rings. The Morgan fingerprint density at radius 1 is 1.27 bits per heavy atom. The first kappa shape index (κ1) is 20.9. The van der Waals surface area contributed by atoms with Crippen molar-refractivity contribution in [3.8, 4) is 0 Å². The van der Waals surface area contributed by atoms with E-state index in [-0.39, 0.29) is 36.6 Å². The Morgan fingerprint density at radius 3 is 2.35 bits per heavy atom. The SMILES string of the molecule is CN(C)S(=O)(=O)N1CCC(C(=O)Nc2ccc(Cl)cc2C(F)(F)F)CC1. The summed E-state index contributed by atoms with van der Waals surface area (Å²) in [6.07, 6.45) is -4.20. The van der Waals surface area contributed by atoms with E-state index < -0.39 is 33.8 Å². The molecule has 1 heterocycles. The van der Waals surface area contributed by atoms with Gasteiger partial charge in [0.2, 0.25) is 5.91 Å². The van der Waals surface area contributed by atoms with E-state index in [2.05, 4.69) is 5.32 Å². The highest BCUT2D eigenvalue weighted by molar-refractivity contribution is 7.86. The van der Waals surface area contributed by atoms with E-state index in [1.165, 1.54) is 24.5 Å². The van der Waals surface area contributed by atoms with Gasteiger partial charge in [-0.25, -0.2) is 0 Å². The largest absolute Gasteiger partial charge is 0.418 e. The summed E-state index contributed by atoms with van der Waals surface area (Å²) in [5.74, 6) is -1.14. The zero-order chi connectivity index (χ0) is 19.7. The van der Waals surface area contributed by atoms with E-state index in [0.29, 0.717) is 0 Å². The molecule has 0 radical (unpaired) electrons. The summed E-state index contributed by atoms with van der Waals surface area (Å²) in [6, 6.07) is 3.12. The lowest BCUT2D eigenvalue weighted by atomic mass is 9.97. The van der Waals surface area contributed by atoms with Crippen molar-refractivity contribution >= 4 is 33.4 Å². The van der Waals surface area contributed by atoms with Crippen LogP contribution in [0.4, 0.5) is 18.9 Å². The lowest BCUT2D eigenvalue weighted by molar-refractivity contribution is -0.137. The number of carbonyl (C=O) groups excluding carboxylic acids is 1. The molecule has 1 saturated heterocycles. The van der Waals surface area contributed by atoms with Crippen LogP contribution in [0.3, 0.4) is 0 Å². The summed E-state index contributed by atoms with van der Waals surface area (Å²) in [5.41, 5.74) is -1.39. The number of alkyl halides is 3. The molecule has 0 unspecified atom stereocenters. The molecule has 26 heavy (non-hydrogen) atoms. The molecule has 0 saturated carbocycles. The summed E-state index contributed by atoms with van der Waals surface area (Å²) >= 11 is 5.61. The summed E-state index contributed by atoms with van der Waals surface area (Å²) in [7, 11) is -0.747. The van der Waals surface area contributed by atoms with Gasteiger partial charge < -0.3 is 5.32 Å². The summed E-state index contributed by atoms with van der Waals surface area (Å²) in [6.45, 7) is 0.261. The Kier molecular flexibility index (Phi) is 6.21. The van der Waals surface area contributed by atoms with Crippen LogP contribution in [0.1, 0.15) is 18.4 Å². The van der Waals surface area contributed by atoms with E-state index in [0.717, 1.165) is 16.4 Å². The van der Waals surface area contributed by atoms with Crippen molar-refractivity contribution in [1.82, 2.24) is 8.61 Å². The van der Waals surface area contributed by atoms with E-state index in [9.17, 15) is 26.4 Å². The zero-order valence-corrected chi connectivity index (χ0v) is 15.7. The fourth-order valence-corrected chi connectivity index (χ4v) is 3.98. The Morgan fingerprint density at radius 2 is 1.85 bits per heavy atom. The lowest BCUT2D eigenvalue weighted by Crippen LogP contribution is -2.46. The third-order valence-corrected chi connectivity index (χ3v) is 6.33. The van der Waals surface area contributed by atoms with E-state index in [1.807, 2.05) is 0 Å². The van der Waals surface area contributed by atoms with Gasteiger partial charge in [-0.1, -0.05) is 11.6 Å². The molecule has 0 spiro atoms. The molecule has 1 fully saturated rings. The minimum atomic E-state index is -4.66. The fraction of sp³-hybridized carbons (Fsp3) is 0.533. The van der Waals surface area contributed by atoms with Crippen molar-refractivity contribution in [3.05, 3.63) is 28.8 Å². The topological polar surface area (TPSA) is 69.7 Å². The molecule has 1 aromatic carbocycles. The highest BCUT2D eigenvalue weighted by Crippen LogP contribution is 2.37. The average Bonchev–Trinajstić information content (AvgIpc) is 2.55. The molecule has 146 valence electrons. The van der Waals surface area contributed by atoms with Gasteiger partial charge in [0.25, 0.3) is 10.2 Å². The van der Waals surface area contributed by atoms with Gasteiger partial charge in [0.15, 0.2) is 0 Å². The predicted octanol–water partition coefficient (Wildman–Crippen LogP) is 2.82. The van der Waals surface area contributed by atoms with Gasteiger partial charge in [-0.05, 0) is 31.0 Å². The second kappa shape index (κ2) is 7.71. The van der Waals surface area contributed by atoms with Crippen molar-refractivity contribution in [3.63, 3.8) is 0 Å². The van der Waals surface area contributed by atoms with Crippen LogP contribution in [0.15, 0.2) is 18.2 Å². The molecule has 1 aliphatic rings. The molecule has 0 aliphatic carbocycles. The highest BCUT2D eigenvalue weighted by Gasteiger charge is 2.36. The van der Waals surface area contributed by atoms with Crippen LogP contribution in [0.5, 0.6) is 0 Å². The minimum absolute atomic E-state index is 0.0856. The number of amides is 1. The van der Waals surface area contributed by atoms with Crippen LogP contribution < -0.4 is 5.32 Å². The van der Waals surface area contributed by atoms with Crippen LogP contribution in [0.2, 0.25) is 5.02 Å². The van der Waals surface area contributed by atoms with Gasteiger partial charge >= 0.3 is 6.18 Å². The second-order valence-corrected chi connectivity index (χ2v) is 8.72. The number of hydrogen-bond acceptors (Lipinski definition) is 3. The van der Waals surface area contributed by atoms with Gasteiger partial charge in [-0.3, -0.25) is 4.79 Å². The van der Waals surface area contributed by atoms with Crippen molar-refractivity contribution in [1.29, 1.82) is 0 Å². The molecule has 0 atom stereocenters. The maximum Gasteiger partial charge on any atom is 0.418 e. The molecule has 6 nitrogen and oxygen atoms in total. The Hall–Kier alpha value is -1.36. The molecule has 0 bridgehead atoms. The van der Waals surface area contributed by atoms with Crippen molar-refractivity contribution in [2.45, 2.75) is 19.0 Å². The first-order chi connectivity index (χ1) is 11.9. The number of hydrogen-bond donors (Lipinski definition) is 1. The molecular formula is C15H19ClF3N3O3S.